The molecule has 0 heterocycles. The van der Waals surface area contributed by atoms with Gasteiger partial charge in [-0.05, 0) is 42.7 Å². The molecule has 0 nitrogen and oxygen atoms in total. The van der Waals surface area contributed by atoms with E-state index in [0.717, 1.165) is 0 Å². The third-order valence-electron chi connectivity index (χ3n) is 2.46. The zero-order chi connectivity index (χ0) is 17.4. The highest BCUT2D eigenvalue weighted by Crippen LogP contribution is 2.18. The Labute approximate surface area is 146 Å². The molecule has 2 rings (SSSR count). The largest absolute Gasteiger partial charge is 0.120 e. The van der Waals surface area contributed by atoms with E-state index in [1.54, 1.807) is 0 Å². The Bertz CT molecular complexity index is 489. The summed E-state index contributed by atoms with van der Waals surface area (Å²) in [5, 5.41) is 0. The van der Waals surface area contributed by atoms with Crippen LogP contribution in [0.2, 0.25) is 0 Å². The van der Waals surface area contributed by atoms with Crippen molar-refractivity contribution in [3.63, 3.8) is 0 Å². The first-order valence-corrected chi connectivity index (χ1v) is 8.55. The van der Waals surface area contributed by atoms with Crippen LogP contribution < -0.4 is 0 Å². The van der Waals surface area contributed by atoms with Gasteiger partial charge in [0, 0.05) is 0 Å². The summed E-state index contributed by atoms with van der Waals surface area (Å²) < 4.78 is 0. The van der Waals surface area contributed by atoms with Crippen molar-refractivity contribution in [1.82, 2.24) is 0 Å². The molecule has 0 aliphatic heterocycles. The summed E-state index contributed by atoms with van der Waals surface area (Å²) in [7, 11) is 0. The summed E-state index contributed by atoms with van der Waals surface area (Å²) in [4.78, 5) is 0. The van der Waals surface area contributed by atoms with Gasteiger partial charge in [-0.3, -0.25) is 0 Å². The molecule has 0 saturated heterocycles. The number of hydrogen-bond donors (Lipinski definition) is 0. The van der Waals surface area contributed by atoms with Gasteiger partial charge in [0.05, 0.1) is 0 Å². The average molecular weight is 315 g/mol. The molecule has 0 N–H and O–H groups in total. The Hall–Kier alpha value is -1.78. The van der Waals surface area contributed by atoms with Crippen LogP contribution in [0.3, 0.4) is 0 Å². The number of allylic oxidation sites excluding steroid dienone is 5. The Morgan fingerprint density at radius 3 is 1.74 bits per heavy atom. The van der Waals surface area contributed by atoms with Crippen molar-refractivity contribution in [1.29, 1.82) is 0 Å². The van der Waals surface area contributed by atoms with Gasteiger partial charge in [0.25, 0.3) is 0 Å². The van der Waals surface area contributed by atoms with Crippen LogP contribution in [0.1, 0.15) is 73.4 Å². The van der Waals surface area contributed by atoms with E-state index in [1.807, 2.05) is 39.8 Å². The Kier molecular flexibility index (Phi) is 20.8. The van der Waals surface area contributed by atoms with Crippen LogP contribution >= 0.6 is 0 Å². The molecule has 0 unspecified atom stereocenters. The summed E-state index contributed by atoms with van der Waals surface area (Å²) >= 11 is 0. The molecule has 0 atom stereocenters. The number of hydrogen-bond acceptors (Lipinski definition) is 0. The van der Waals surface area contributed by atoms with E-state index in [2.05, 4.69) is 69.8 Å². The highest BCUT2D eigenvalue weighted by Gasteiger charge is 1.97. The fourth-order valence-corrected chi connectivity index (χ4v) is 1.51. The summed E-state index contributed by atoms with van der Waals surface area (Å²) in [5.74, 6) is 0. The van der Waals surface area contributed by atoms with Crippen molar-refractivity contribution in [2.24, 2.45) is 0 Å². The van der Waals surface area contributed by atoms with Gasteiger partial charge in [-0.15, -0.1) is 5.73 Å². The summed E-state index contributed by atoms with van der Waals surface area (Å²) in [6.45, 7) is 16.4. The van der Waals surface area contributed by atoms with Crippen LogP contribution in [0.4, 0.5) is 0 Å². The standard InChI is InChI=1S/C15H14.C3H8.2C2H6.CH4/c1-12-4-3-5-14(9-6-12)15-10-7-13(2)8-11-15;1-3-2;2*1-2;/h4-11H,1-2H3;3H2,1-2H3;2*1-2H3;1H4. The lowest BCUT2D eigenvalue weighted by Gasteiger charge is -2.00. The minimum Gasteiger partial charge on any atom is -0.120 e. The van der Waals surface area contributed by atoms with Crippen LogP contribution in [0.5, 0.6) is 0 Å². The normalized spacial score (nSPS) is 10.8. The lowest BCUT2D eigenvalue weighted by molar-refractivity contribution is 1.09. The summed E-state index contributed by atoms with van der Waals surface area (Å²) in [6, 6.07) is 8.56. The quantitative estimate of drug-likeness (QED) is 0.459. The number of rotatable bonds is 1. The highest BCUT2D eigenvalue weighted by molar-refractivity contribution is 5.76. The van der Waals surface area contributed by atoms with Crippen molar-refractivity contribution >= 4 is 5.57 Å². The summed E-state index contributed by atoms with van der Waals surface area (Å²) in [5.41, 5.74) is 8.15. The van der Waals surface area contributed by atoms with E-state index < -0.39 is 0 Å². The molecule has 0 aromatic heterocycles. The van der Waals surface area contributed by atoms with Crippen LogP contribution in [0, 0.1) is 6.92 Å². The first kappa shape index (κ1) is 26.1. The van der Waals surface area contributed by atoms with Gasteiger partial charge in [-0.1, -0.05) is 97.4 Å². The third kappa shape index (κ3) is 12.4. The van der Waals surface area contributed by atoms with Crippen molar-refractivity contribution in [3.05, 3.63) is 71.0 Å². The molecule has 1 aromatic carbocycles. The van der Waals surface area contributed by atoms with Crippen molar-refractivity contribution in [2.45, 2.75) is 69.2 Å². The maximum atomic E-state index is 3.17. The molecule has 1 aliphatic rings. The second-order valence-corrected chi connectivity index (χ2v) is 4.56. The predicted molar refractivity (Wildman–Crippen MR) is 111 cm³/mol. The molecule has 1 aromatic rings. The zero-order valence-corrected chi connectivity index (χ0v) is 15.8. The van der Waals surface area contributed by atoms with Gasteiger partial charge < -0.3 is 0 Å². The van der Waals surface area contributed by atoms with Crippen LogP contribution in [0.15, 0.2) is 59.9 Å². The second-order valence-electron chi connectivity index (χ2n) is 4.56. The van der Waals surface area contributed by atoms with Gasteiger partial charge in [-0.2, -0.15) is 0 Å². The highest BCUT2D eigenvalue weighted by atomic mass is 14.0. The molecule has 0 heteroatoms. The molecular weight excluding hydrogens is 276 g/mol. The van der Waals surface area contributed by atoms with Crippen molar-refractivity contribution in [3.8, 4) is 0 Å². The Morgan fingerprint density at radius 2 is 1.26 bits per heavy atom. The van der Waals surface area contributed by atoms with Crippen LogP contribution in [-0.2, 0) is 0 Å². The molecule has 1 aliphatic carbocycles. The molecule has 0 bridgehead atoms. The number of aryl methyl sites for hydroxylation is 1. The fourth-order valence-electron chi connectivity index (χ4n) is 1.51. The minimum atomic E-state index is 0. The average Bonchev–Trinajstić information content (AvgIpc) is 2.78. The van der Waals surface area contributed by atoms with Gasteiger partial charge in [0.1, 0.15) is 0 Å². The van der Waals surface area contributed by atoms with E-state index >= 15 is 0 Å². The van der Waals surface area contributed by atoms with E-state index in [9.17, 15) is 0 Å². The Morgan fingerprint density at radius 1 is 0.783 bits per heavy atom. The molecule has 0 radical (unpaired) electrons. The first-order chi connectivity index (χ1) is 10.7. The maximum absolute atomic E-state index is 3.17. The topological polar surface area (TPSA) is 0 Å². The van der Waals surface area contributed by atoms with Gasteiger partial charge >= 0.3 is 0 Å². The van der Waals surface area contributed by atoms with Gasteiger partial charge in [-0.25, -0.2) is 0 Å². The van der Waals surface area contributed by atoms with E-state index in [4.69, 9.17) is 0 Å². The van der Waals surface area contributed by atoms with E-state index in [-0.39, 0.29) is 7.43 Å². The SMILES string of the molecule is C.CC.CC.CC1=CC=C(c2ccc(C)cc2)C=C=C1.CCC. The smallest absolute Gasteiger partial charge is 0.0107 e. The molecule has 0 amide bonds. The van der Waals surface area contributed by atoms with Crippen molar-refractivity contribution in [2.75, 3.05) is 0 Å². The minimum absolute atomic E-state index is 0. The Balaban J connectivity index is -0.000000439. The van der Waals surface area contributed by atoms with E-state index in [0.29, 0.717) is 0 Å². The number of benzene rings is 1. The fraction of sp³-hybridized carbons (Fsp3) is 0.435. The van der Waals surface area contributed by atoms with Gasteiger partial charge in [0.2, 0.25) is 0 Å². The zero-order valence-electron chi connectivity index (χ0n) is 15.8. The second kappa shape index (κ2) is 18.3. The van der Waals surface area contributed by atoms with Crippen LogP contribution in [-0.4, -0.2) is 0 Å². The lowest BCUT2D eigenvalue weighted by atomic mass is 10.0. The molecule has 0 fully saturated rings. The van der Waals surface area contributed by atoms with E-state index in [1.165, 1.54) is 28.7 Å². The summed E-state index contributed by atoms with van der Waals surface area (Å²) in [6.07, 6.45) is 9.53. The van der Waals surface area contributed by atoms with Crippen molar-refractivity contribution < 1.29 is 0 Å². The molecule has 23 heavy (non-hydrogen) atoms. The molecule has 0 spiro atoms. The van der Waals surface area contributed by atoms with Gasteiger partial charge in [0.15, 0.2) is 0 Å². The van der Waals surface area contributed by atoms with Crippen LogP contribution in [0.25, 0.3) is 5.57 Å². The molecule has 130 valence electrons. The monoisotopic (exact) mass is 314 g/mol. The maximum Gasteiger partial charge on any atom is -0.0107 e. The predicted octanol–water partition coefficient (Wildman–Crippen LogP) is 8.15. The third-order valence-corrected chi connectivity index (χ3v) is 2.46. The molecular formula is C23H38. The first-order valence-electron chi connectivity index (χ1n) is 8.55. The lowest BCUT2D eigenvalue weighted by Crippen LogP contribution is -1.80. The molecule has 0 saturated carbocycles.